The predicted octanol–water partition coefficient (Wildman–Crippen LogP) is -0.416. The maximum absolute atomic E-state index is 11.1. The molecule has 1 rings (SSSR count). The molecule has 0 amide bonds. The van der Waals surface area contributed by atoms with Gasteiger partial charge in [-0.2, -0.15) is 8.42 Å². The van der Waals surface area contributed by atoms with Crippen molar-refractivity contribution >= 4 is 15.9 Å². The monoisotopic (exact) mass is 207 g/mol. The highest BCUT2D eigenvalue weighted by atomic mass is 32.2. The molecule has 5 nitrogen and oxygen atoms in total. The highest BCUT2D eigenvalue weighted by molar-refractivity contribution is 7.86. The van der Waals surface area contributed by atoms with Gasteiger partial charge in [-0.1, -0.05) is 6.92 Å². The molecular weight excluding hydrogens is 194 g/mol. The van der Waals surface area contributed by atoms with E-state index in [1.165, 1.54) is 0 Å². The molecule has 0 aromatic carbocycles. The minimum absolute atomic E-state index is 0.00819. The minimum atomic E-state index is -3.99. The van der Waals surface area contributed by atoms with Gasteiger partial charge in [-0.05, 0) is 6.42 Å². The lowest BCUT2D eigenvalue weighted by Gasteiger charge is -2.05. The van der Waals surface area contributed by atoms with Crippen molar-refractivity contribution in [2.45, 2.75) is 31.1 Å². The minimum Gasteiger partial charge on any atom is -0.306 e. The number of hydrogen-bond donors (Lipinski definition) is 2. The quantitative estimate of drug-likeness (QED) is 0.614. The van der Waals surface area contributed by atoms with Gasteiger partial charge in [-0.25, -0.2) is 0 Å². The summed E-state index contributed by atoms with van der Waals surface area (Å²) in [6.07, 6.45) is 0.571. The Kier molecular flexibility index (Phi) is 3.05. The second kappa shape index (κ2) is 3.73. The van der Waals surface area contributed by atoms with E-state index in [9.17, 15) is 13.2 Å². The summed E-state index contributed by atoms with van der Waals surface area (Å²) in [4.78, 5) is 11.1. The number of Topliss-reactive ketones (excluding diaryl/α,β-unsaturated/α-hetero) is 1. The van der Waals surface area contributed by atoms with Gasteiger partial charge in [0.25, 0.3) is 10.1 Å². The summed E-state index contributed by atoms with van der Waals surface area (Å²) in [6.45, 7) is 1.89. The van der Waals surface area contributed by atoms with E-state index in [2.05, 4.69) is 5.32 Å². The summed E-state index contributed by atoms with van der Waals surface area (Å²) >= 11 is 0. The van der Waals surface area contributed by atoms with Crippen LogP contribution in [0.15, 0.2) is 0 Å². The lowest BCUT2D eigenvalue weighted by atomic mass is 10.1. The third-order valence-corrected chi connectivity index (χ3v) is 3.45. The molecule has 0 bridgehead atoms. The Morgan fingerprint density at radius 2 is 2.23 bits per heavy atom. The van der Waals surface area contributed by atoms with Gasteiger partial charge in [0, 0.05) is 13.0 Å². The summed E-state index contributed by atoms with van der Waals surface area (Å²) in [6, 6.07) is -0.406. The Hall–Kier alpha value is -0.460. The molecule has 0 saturated carbocycles. The van der Waals surface area contributed by atoms with Crippen LogP contribution in [0.5, 0.6) is 0 Å². The van der Waals surface area contributed by atoms with Crippen molar-refractivity contribution in [3.63, 3.8) is 0 Å². The van der Waals surface area contributed by atoms with Gasteiger partial charge in [0.2, 0.25) is 0 Å². The molecule has 0 aromatic rings. The SMILES string of the molecule is CCC(=O)[C@@H]1C[C@@H](S(=O)(=O)O)CN1. The highest BCUT2D eigenvalue weighted by Gasteiger charge is 2.35. The van der Waals surface area contributed by atoms with Gasteiger partial charge in [0.1, 0.15) is 11.0 Å². The lowest BCUT2D eigenvalue weighted by molar-refractivity contribution is -0.120. The van der Waals surface area contributed by atoms with Gasteiger partial charge in [0.15, 0.2) is 0 Å². The molecule has 0 aromatic heterocycles. The van der Waals surface area contributed by atoms with E-state index >= 15 is 0 Å². The number of carbonyl (C=O) groups is 1. The Bertz CT molecular complexity index is 298. The average Bonchev–Trinajstić information content (AvgIpc) is 2.50. The van der Waals surface area contributed by atoms with E-state index in [4.69, 9.17) is 4.55 Å². The Morgan fingerprint density at radius 3 is 2.62 bits per heavy atom. The van der Waals surface area contributed by atoms with Crippen LogP contribution in [0.1, 0.15) is 19.8 Å². The molecule has 6 heteroatoms. The molecule has 0 radical (unpaired) electrons. The Morgan fingerprint density at radius 1 is 1.62 bits per heavy atom. The molecule has 1 saturated heterocycles. The van der Waals surface area contributed by atoms with Gasteiger partial charge in [0.05, 0.1) is 6.04 Å². The van der Waals surface area contributed by atoms with Crippen molar-refractivity contribution in [2.75, 3.05) is 6.54 Å². The summed E-state index contributed by atoms with van der Waals surface area (Å²) in [5, 5.41) is 1.95. The molecule has 1 aliphatic heterocycles. The zero-order chi connectivity index (χ0) is 10.1. The number of carbonyl (C=O) groups excluding carboxylic acids is 1. The normalized spacial score (nSPS) is 29.1. The summed E-state index contributed by atoms with van der Waals surface area (Å²) in [5.74, 6) is -0.00819. The zero-order valence-electron chi connectivity index (χ0n) is 7.36. The third kappa shape index (κ3) is 2.49. The van der Waals surface area contributed by atoms with Crippen molar-refractivity contribution in [1.29, 1.82) is 0 Å². The molecule has 0 spiro atoms. The van der Waals surface area contributed by atoms with Crippen LogP contribution in [-0.2, 0) is 14.9 Å². The first-order chi connectivity index (χ1) is 5.95. The Labute approximate surface area is 77.3 Å². The number of rotatable bonds is 3. The molecule has 1 heterocycles. The van der Waals surface area contributed by atoms with E-state index in [0.29, 0.717) is 6.42 Å². The van der Waals surface area contributed by atoms with E-state index < -0.39 is 21.4 Å². The van der Waals surface area contributed by atoms with E-state index in [0.717, 1.165) is 0 Å². The van der Waals surface area contributed by atoms with Crippen molar-refractivity contribution in [2.24, 2.45) is 0 Å². The number of nitrogens with one attached hydrogen (secondary N) is 1. The zero-order valence-corrected chi connectivity index (χ0v) is 8.17. The first kappa shape index (κ1) is 10.6. The van der Waals surface area contributed by atoms with Crippen LogP contribution in [0.2, 0.25) is 0 Å². The van der Waals surface area contributed by atoms with Crippen LogP contribution in [0, 0.1) is 0 Å². The van der Waals surface area contributed by atoms with Crippen LogP contribution in [0.3, 0.4) is 0 Å². The third-order valence-electron chi connectivity index (χ3n) is 2.25. The van der Waals surface area contributed by atoms with E-state index in [1.807, 2.05) is 0 Å². The molecular formula is C7H13NO4S. The van der Waals surface area contributed by atoms with E-state index in [-0.39, 0.29) is 18.7 Å². The molecule has 2 N–H and O–H groups in total. The van der Waals surface area contributed by atoms with Crippen molar-refractivity contribution in [1.82, 2.24) is 5.32 Å². The van der Waals surface area contributed by atoms with Crippen molar-refractivity contribution in [3.8, 4) is 0 Å². The first-order valence-corrected chi connectivity index (χ1v) is 5.68. The van der Waals surface area contributed by atoms with Crippen LogP contribution in [-0.4, -0.2) is 36.6 Å². The Balaban J connectivity index is 2.60. The predicted molar refractivity (Wildman–Crippen MR) is 47.0 cm³/mol. The first-order valence-electron chi connectivity index (χ1n) is 4.17. The molecule has 0 aliphatic carbocycles. The summed E-state index contributed by atoms with van der Waals surface area (Å²) in [5.41, 5.74) is 0. The van der Waals surface area contributed by atoms with Crippen LogP contribution in [0.4, 0.5) is 0 Å². The fourth-order valence-corrected chi connectivity index (χ4v) is 2.16. The standard InChI is InChI=1S/C7H13NO4S/c1-2-7(9)6-3-5(4-8-6)13(10,11)12/h5-6,8H,2-4H2,1H3,(H,10,11,12)/t5-,6+/m1/s1. The fraction of sp³-hybridized carbons (Fsp3) is 0.857. The maximum atomic E-state index is 11.1. The largest absolute Gasteiger partial charge is 0.306 e. The van der Waals surface area contributed by atoms with Gasteiger partial charge >= 0.3 is 0 Å². The summed E-state index contributed by atoms with van der Waals surface area (Å²) in [7, 11) is -3.99. The number of hydrogen-bond acceptors (Lipinski definition) is 4. The average molecular weight is 207 g/mol. The second-order valence-electron chi connectivity index (χ2n) is 3.15. The lowest BCUT2D eigenvalue weighted by Crippen LogP contribution is -2.29. The molecule has 1 fully saturated rings. The summed E-state index contributed by atoms with van der Waals surface area (Å²) < 4.78 is 30.1. The molecule has 1 aliphatic rings. The van der Waals surface area contributed by atoms with Crippen molar-refractivity contribution in [3.05, 3.63) is 0 Å². The van der Waals surface area contributed by atoms with Crippen LogP contribution < -0.4 is 5.32 Å². The molecule has 13 heavy (non-hydrogen) atoms. The van der Waals surface area contributed by atoms with Gasteiger partial charge < -0.3 is 5.32 Å². The van der Waals surface area contributed by atoms with Crippen LogP contribution in [0.25, 0.3) is 0 Å². The number of ketones is 1. The van der Waals surface area contributed by atoms with Gasteiger partial charge in [-0.15, -0.1) is 0 Å². The van der Waals surface area contributed by atoms with E-state index in [1.54, 1.807) is 6.92 Å². The highest BCUT2D eigenvalue weighted by Crippen LogP contribution is 2.15. The molecule has 76 valence electrons. The second-order valence-corrected chi connectivity index (χ2v) is 4.85. The van der Waals surface area contributed by atoms with Gasteiger partial charge in [-0.3, -0.25) is 9.35 Å². The smallest absolute Gasteiger partial charge is 0.269 e. The fourth-order valence-electron chi connectivity index (χ4n) is 1.42. The molecule has 2 atom stereocenters. The molecule has 0 unspecified atom stereocenters. The maximum Gasteiger partial charge on any atom is 0.269 e. The van der Waals surface area contributed by atoms with Crippen molar-refractivity contribution < 1.29 is 17.8 Å². The topological polar surface area (TPSA) is 83.5 Å². The van der Waals surface area contributed by atoms with Crippen LogP contribution >= 0.6 is 0 Å².